The van der Waals surface area contributed by atoms with E-state index in [0.29, 0.717) is 44.1 Å². The first kappa shape index (κ1) is 29.6. The summed E-state index contributed by atoms with van der Waals surface area (Å²) in [5.41, 5.74) is 2.73. The molecule has 3 aromatic rings. The van der Waals surface area contributed by atoms with E-state index in [2.05, 4.69) is 16.7 Å². The van der Waals surface area contributed by atoms with Crippen LogP contribution in [0.3, 0.4) is 0 Å². The number of benzene rings is 3. The molecule has 0 bridgehead atoms. The van der Waals surface area contributed by atoms with E-state index in [4.69, 9.17) is 25.8 Å². The highest BCUT2D eigenvalue weighted by molar-refractivity contribution is 8.03. The van der Waals surface area contributed by atoms with E-state index in [1.807, 2.05) is 30.3 Å². The number of esters is 1. The standard InChI is InChI=1S/C31H28ClN3O5S/c1-4-40-31(37)28-27(21-12-8-9-13-23(21)32)22(17-33)30(35-29(28)19-10-6-5-7-11-19)41-18-26(36)34-24-16-20(38-2)14-15-25(24)39-3/h5-16,27,35H,4,18H2,1-3H3,(H,34,36)/t27-/m0/s1. The van der Waals surface area contributed by atoms with E-state index in [0.717, 1.165) is 11.8 Å². The summed E-state index contributed by atoms with van der Waals surface area (Å²) in [6, 6.07) is 23.7. The molecule has 3 aromatic carbocycles. The van der Waals surface area contributed by atoms with Gasteiger partial charge in [0.1, 0.15) is 11.5 Å². The highest BCUT2D eigenvalue weighted by atomic mass is 35.5. The predicted octanol–water partition coefficient (Wildman–Crippen LogP) is 6.13. The number of nitriles is 1. The number of ether oxygens (including phenoxy) is 3. The average Bonchev–Trinajstić information content (AvgIpc) is 3.00. The Morgan fingerprint density at radius 3 is 2.44 bits per heavy atom. The van der Waals surface area contributed by atoms with Gasteiger partial charge in [0.25, 0.3) is 0 Å². The van der Waals surface area contributed by atoms with Crippen molar-refractivity contribution in [1.82, 2.24) is 5.32 Å². The number of nitrogens with zero attached hydrogens (tertiary/aromatic N) is 1. The van der Waals surface area contributed by atoms with E-state index in [9.17, 15) is 14.9 Å². The van der Waals surface area contributed by atoms with Gasteiger partial charge in [-0.15, -0.1) is 0 Å². The summed E-state index contributed by atoms with van der Waals surface area (Å²) in [6.45, 7) is 1.88. The van der Waals surface area contributed by atoms with Crippen molar-refractivity contribution in [3.8, 4) is 17.6 Å². The first-order valence-electron chi connectivity index (χ1n) is 12.7. The fraction of sp³-hybridized carbons (Fsp3) is 0.194. The van der Waals surface area contributed by atoms with Crippen LogP contribution in [0.1, 0.15) is 24.0 Å². The first-order chi connectivity index (χ1) is 19.9. The molecule has 210 valence electrons. The Labute approximate surface area is 247 Å². The van der Waals surface area contributed by atoms with E-state index >= 15 is 0 Å². The number of allylic oxidation sites excluding steroid dienone is 1. The Morgan fingerprint density at radius 1 is 1.05 bits per heavy atom. The van der Waals surface area contributed by atoms with Crippen LogP contribution >= 0.6 is 23.4 Å². The molecule has 0 fully saturated rings. The molecule has 1 amide bonds. The second kappa shape index (κ2) is 13.8. The van der Waals surface area contributed by atoms with Gasteiger partial charge < -0.3 is 24.8 Å². The lowest BCUT2D eigenvalue weighted by molar-refractivity contribution is -0.138. The summed E-state index contributed by atoms with van der Waals surface area (Å²) >= 11 is 7.76. The number of dihydropyridines is 1. The van der Waals surface area contributed by atoms with Crippen LogP contribution in [-0.4, -0.2) is 38.5 Å². The number of amides is 1. The minimum absolute atomic E-state index is 0.0417. The molecular weight excluding hydrogens is 562 g/mol. The summed E-state index contributed by atoms with van der Waals surface area (Å²) in [4.78, 5) is 26.5. The second-order valence-corrected chi connectivity index (χ2v) is 10.1. The fourth-order valence-electron chi connectivity index (χ4n) is 4.41. The molecule has 0 saturated carbocycles. The quantitative estimate of drug-likeness (QED) is 0.272. The minimum atomic E-state index is -0.826. The molecule has 0 unspecified atom stereocenters. The van der Waals surface area contributed by atoms with Crippen LogP contribution in [0.5, 0.6) is 11.5 Å². The van der Waals surface area contributed by atoms with Gasteiger partial charge in [-0.25, -0.2) is 4.79 Å². The summed E-state index contributed by atoms with van der Waals surface area (Å²) in [5, 5.41) is 17.3. The van der Waals surface area contributed by atoms with E-state index in [1.54, 1.807) is 49.4 Å². The van der Waals surface area contributed by atoms with Crippen molar-refractivity contribution in [2.24, 2.45) is 0 Å². The van der Waals surface area contributed by atoms with Gasteiger partial charge in [0, 0.05) is 11.1 Å². The molecule has 1 heterocycles. The third-order valence-electron chi connectivity index (χ3n) is 6.25. The van der Waals surface area contributed by atoms with Gasteiger partial charge in [0.2, 0.25) is 5.91 Å². The smallest absolute Gasteiger partial charge is 0.337 e. The molecule has 1 aliphatic heterocycles. The van der Waals surface area contributed by atoms with Crippen molar-refractivity contribution in [2.45, 2.75) is 12.8 Å². The van der Waals surface area contributed by atoms with Gasteiger partial charge in [-0.3, -0.25) is 4.79 Å². The number of thioether (sulfide) groups is 1. The van der Waals surface area contributed by atoms with Crippen LogP contribution in [-0.2, 0) is 14.3 Å². The van der Waals surface area contributed by atoms with Crippen molar-refractivity contribution in [3.05, 3.63) is 105 Å². The molecule has 2 N–H and O–H groups in total. The highest BCUT2D eigenvalue weighted by Crippen LogP contribution is 2.45. The molecule has 0 saturated heterocycles. The SMILES string of the molecule is CCOC(=O)C1=C(c2ccccc2)NC(SCC(=O)Nc2cc(OC)ccc2OC)=C(C#N)[C@@H]1c1ccccc1Cl. The number of methoxy groups -OCH3 is 2. The number of carbonyl (C=O) groups is 2. The zero-order valence-electron chi connectivity index (χ0n) is 22.7. The van der Waals surface area contributed by atoms with E-state index in [1.165, 1.54) is 14.2 Å². The molecule has 0 aliphatic carbocycles. The van der Waals surface area contributed by atoms with Crippen molar-refractivity contribution < 1.29 is 23.8 Å². The monoisotopic (exact) mass is 589 g/mol. The Morgan fingerprint density at radius 2 is 1.78 bits per heavy atom. The average molecular weight is 590 g/mol. The summed E-state index contributed by atoms with van der Waals surface area (Å²) in [7, 11) is 3.04. The van der Waals surface area contributed by atoms with E-state index in [-0.39, 0.29) is 29.4 Å². The molecule has 0 spiro atoms. The lowest BCUT2D eigenvalue weighted by atomic mass is 9.81. The highest BCUT2D eigenvalue weighted by Gasteiger charge is 2.38. The maximum atomic E-state index is 13.4. The molecule has 8 nitrogen and oxygen atoms in total. The zero-order valence-corrected chi connectivity index (χ0v) is 24.3. The Hall–Kier alpha value is -4.39. The van der Waals surface area contributed by atoms with Crippen LogP contribution in [0, 0.1) is 11.3 Å². The Bertz CT molecular complexity index is 1550. The Balaban J connectivity index is 1.75. The topological polar surface area (TPSA) is 110 Å². The molecule has 4 rings (SSSR count). The number of carbonyl (C=O) groups excluding carboxylic acids is 2. The predicted molar refractivity (Wildman–Crippen MR) is 161 cm³/mol. The van der Waals surface area contributed by atoms with Crippen LogP contribution in [0.2, 0.25) is 5.02 Å². The summed E-state index contributed by atoms with van der Waals surface area (Å²) in [6.07, 6.45) is 0. The van der Waals surface area contributed by atoms with Crippen molar-refractivity contribution >= 4 is 46.6 Å². The van der Waals surface area contributed by atoms with Gasteiger partial charge in [-0.1, -0.05) is 71.9 Å². The third kappa shape index (κ3) is 6.68. The maximum Gasteiger partial charge on any atom is 0.337 e. The molecule has 1 aliphatic rings. The van der Waals surface area contributed by atoms with Crippen molar-refractivity contribution in [2.75, 3.05) is 31.9 Å². The number of rotatable bonds is 10. The first-order valence-corrected chi connectivity index (χ1v) is 14.0. The largest absolute Gasteiger partial charge is 0.497 e. The maximum absolute atomic E-state index is 13.4. The number of nitrogens with one attached hydrogen (secondary N) is 2. The number of hydrogen-bond acceptors (Lipinski definition) is 8. The van der Waals surface area contributed by atoms with Crippen LogP contribution in [0.15, 0.2) is 89.0 Å². The molecular formula is C31H28ClN3O5S. The normalized spacial score (nSPS) is 14.6. The van der Waals surface area contributed by atoms with Crippen LogP contribution < -0.4 is 20.1 Å². The Kier molecular flexibility index (Phi) is 9.95. The van der Waals surface area contributed by atoms with Gasteiger partial charge in [0.15, 0.2) is 0 Å². The van der Waals surface area contributed by atoms with Crippen molar-refractivity contribution in [3.63, 3.8) is 0 Å². The molecule has 0 aromatic heterocycles. The van der Waals surface area contributed by atoms with Crippen LogP contribution in [0.4, 0.5) is 5.69 Å². The van der Waals surface area contributed by atoms with Gasteiger partial charge in [-0.05, 0) is 36.2 Å². The molecule has 0 radical (unpaired) electrons. The minimum Gasteiger partial charge on any atom is -0.497 e. The van der Waals surface area contributed by atoms with Gasteiger partial charge >= 0.3 is 5.97 Å². The number of halogens is 1. The lowest BCUT2D eigenvalue weighted by Crippen LogP contribution is -2.30. The second-order valence-electron chi connectivity index (χ2n) is 8.71. The summed E-state index contributed by atoms with van der Waals surface area (Å²) in [5.74, 6) is -0.728. The van der Waals surface area contributed by atoms with Crippen LogP contribution in [0.25, 0.3) is 5.70 Å². The molecule has 1 atom stereocenters. The third-order valence-corrected chi connectivity index (χ3v) is 7.61. The van der Waals surface area contributed by atoms with E-state index < -0.39 is 11.9 Å². The summed E-state index contributed by atoms with van der Waals surface area (Å²) < 4.78 is 16.1. The number of anilines is 1. The fourth-order valence-corrected chi connectivity index (χ4v) is 5.50. The van der Waals surface area contributed by atoms with Crippen molar-refractivity contribution in [1.29, 1.82) is 5.26 Å². The lowest BCUT2D eigenvalue weighted by Gasteiger charge is -2.31. The number of hydrogen-bond donors (Lipinski definition) is 2. The van der Waals surface area contributed by atoms with Gasteiger partial charge in [0.05, 0.1) is 66.1 Å². The van der Waals surface area contributed by atoms with Gasteiger partial charge in [-0.2, -0.15) is 5.26 Å². The molecule has 41 heavy (non-hydrogen) atoms. The molecule has 10 heteroatoms. The zero-order chi connectivity index (χ0) is 29.4.